The molecule has 0 unspecified atom stereocenters. The van der Waals surface area contributed by atoms with Gasteiger partial charge in [-0.05, 0) is 11.6 Å². The van der Waals surface area contributed by atoms with Gasteiger partial charge in [0, 0.05) is 20.5 Å². The quantitative estimate of drug-likeness (QED) is 0.788. The summed E-state index contributed by atoms with van der Waals surface area (Å²) < 4.78 is 23.8. The molecular formula is C10H13ClN4O3S. The molecule has 19 heavy (non-hydrogen) atoms. The van der Waals surface area contributed by atoms with Crippen molar-refractivity contribution in [2.45, 2.75) is 11.3 Å². The van der Waals surface area contributed by atoms with Gasteiger partial charge in [0.15, 0.2) is 15.7 Å². The van der Waals surface area contributed by atoms with E-state index in [1.807, 2.05) is 0 Å². The Bertz CT molecular complexity index is 630. The molecule has 9 heteroatoms. The molecule has 1 aromatic heterocycles. The lowest BCUT2D eigenvalue weighted by Crippen LogP contribution is -2.29. The van der Waals surface area contributed by atoms with Gasteiger partial charge in [-0.2, -0.15) is 4.98 Å². The van der Waals surface area contributed by atoms with E-state index in [0.29, 0.717) is 12.1 Å². The highest BCUT2D eigenvalue weighted by atomic mass is 35.5. The molecule has 0 atom stereocenters. The van der Waals surface area contributed by atoms with Crippen LogP contribution in [0.1, 0.15) is 5.69 Å². The van der Waals surface area contributed by atoms with E-state index >= 15 is 0 Å². The van der Waals surface area contributed by atoms with E-state index in [9.17, 15) is 13.2 Å². The predicted molar refractivity (Wildman–Crippen MR) is 70.0 cm³/mol. The highest BCUT2D eigenvalue weighted by Gasteiger charge is 2.32. The third-order valence-corrected chi connectivity index (χ3v) is 4.69. The Morgan fingerprint density at radius 3 is 2.74 bits per heavy atom. The molecule has 2 heterocycles. The summed E-state index contributed by atoms with van der Waals surface area (Å²) in [7, 11) is -0.174. The van der Waals surface area contributed by atoms with Crippen LogP contribution in [-0.4, -0.2) is 55.6 Å². The molecule has 1 aromatic rings. The zero-order valence-corrected chi connectivity index (χ0v) is 12.0. The molecule has 7 nitrogen and oxygen atoms in total. The summed E-state index contributed by atoms with van der Waals surface area (Å²) in [5.41, 5.74) is 0.403. The van der Waals surface area contributed by atoms with Crippen LogP contribution >= 0.6 is 11.6 Å². The molecule has 0 fully saturated rings. The third kappa shape index (κ3) is 2.79. The van der Waals surface area contributed by atoms with Gasteiger partial charge in [-0.15, -0.1) is 0 Å². The second kappa shape index (κ2) is 4.93. The molecule has 1 amide bonds. The molecular weight excluding hydrogens is 292 g/mol. The zero-order chi connectivity index (χ0) is 14.2. The first-order valence-electron chi connectivity index (χ1n) is 5.54. The van der Waals surface area contributed by atoms with Crippen LogP contribution in [0.25, 0.3) is 0 Å². The Balaban J connectivity index is 2.34. The first-order valence-corrected chi connectivity index (χ1v) is 7.57. The van der Waals surface area contributed by atoms with E-state index in [4.69, 9.17) is 11.6 Å². The molecule has 2 rings (SSSR count). The van der Waals surface area contributed by atoms with Gasteiger partial charge in [-0.25, -0.2) is 13.4 Å². The van der Waals surface area contributed by atoms with Crippen molar-refractivity contribution in [3.63, 3.8) is 0 Å². The normalized spacial score (nSPS) is 15.9. The Morgan fingerprint density at radius 2 is 2.11 bits per heavy atom. The number of hydrogen-bond acceptors (Lipinski definition) is 6. The minimum atomic E-state index is -3.39. The number of anilines is 1. The van der Waals surface area contributed by atoms with Crippen molar-refractivity contribution in [2.75, 3.05) is 31.7 Å². The maximum Gasteiger partial charge on any atom is 0.241 e. The SMILES string of the molecule is CN(C)C(=O)CNc1nc(Cl)nc2c1S(=O)(=O)CC2. The standard InChI is InChI=1S/C10H13ClN4O3S/c1-15(2)7(16)5-12-9-8-6(13-10(11)14-9)3-4-19(8,17)18/h3-5H2,1-2H3,(H,12,13,14). The molecule has 104 valence electrons. The van der Waals surface area contributed by atoms with Crippen molar-refractivity contribution < 1.29 is 13.2 Å². The Morgan fingerprint density at radius 1 is 1.42 bits per heavy atom. The third-order valence-electron chi connectivity index (χ3n) is 2.73. The maximum absolute atomic E-state index is 11.9. The number of sulfone groups is 1. The highest BCUT2D eigenvalue weighted by Crippen LogP contribution is 2.31. The number of rotatable bonds is 3. The van der Waals surface area contributed by atoms with Crippen molar-refractivity contribution in [1.82, 2.24) is 14.9 Å². The fourth-order valence-corrected chi connectivity index (χ4v) is 3.51. The molecule has 0 radical (unpaired) electrons. The van der Waals surface area contributed by atoms with Crippen molar-refractivity contribution in [1.29, 1.82) is 0 Å². The van der Waals surface area contributed by atoms with E-state index in [2.05, 4.69) is 15.3 Å². The Labute approximate surface area is 115 Å². The van der Waals surface area contributed by atoms with Crippen molar-refractivity contribution in [2.24, 2.45) is 0 Å². The smallest absolute Gasteiger partial charge is 0.241 e. The predicted octanol–water partition coefficient (Wildman–Crippen LogP) is -0.0401. The first kappa shape index (κ1) is 14.0. The molecule has 0 bridgehead atoms. The number of halogens is 1. The number of nitrogens with zero attached hydrogens (tertiary/aromatic N) is 3. The monoisotopic (exact) mass is 304 g/mol. The number of nitrogens with one attached hydrogen (secondary N) is 1. The van der Waals surface area contributed by atoms with Gasteiger partial charge in [0.05, 0.1) is 18.0 Å². The van der Waals surface area contributed by atoms with Crippen LogP contribution in [0.15, 0.2) is 4.90 Å². The summed E-state index contributed by atoms with van der Waals surface area (Å²) in [6.07, 6.45) is 0.316. The molecule has 0 aromatic carbocycles. The van der Waals surface area contributed by atoms with Crippen LogP contribution in [0.3, 0.4) is 0 Å². The van der Waals surface area contributed by atoms with Gasteiger partial charge >= 0.3 is 0 Å². The van der Waals surface area contributed by atoms with Crippen LogP contribution < -0.4 is 5.32 Å². The van der Waals surface area contributed by atoms with Crippen LogP contribution in [0.5, 0.6) is 0 Å². The van der Waals surface area contributed by atoms with Crippen LogP contribution in [0.4, 0.5) is 5.82 Å². The van der Waals surface area contributed by atoms with Gasteiger partial charge in [0.2, 0.25) is 11.2 Å². The zero-order valence-electron chi connectivity index (χ0n) is 10.5. The lowest BCUT2D eigenvalue weighted by molar-refractivity contribution is -0.126. The molecule has 0 saturated heterocycles. The number of carbonyl (C=O) groups excluding carboxylic acids is 1. The van der Waals surface area contributed by atoms with Crippen molar-refractivity contribution in [3.05, 3.63) is 11.0 Å². The molecule has 0 saturated carbocycles. The summed E-state index contributed by atoms with van der Waals surface area (Å²) in [5.74, 6) is -0.102. The first-order chi connectivity index (χ1) is 8.81. The lowest BCUT2D eigenvalue weighted by atomic mass is 10.3. The number of amides is 1. The fraction of sp³-hybridized carbons (Fsp3) is 0.500. The van der Waals surface area contributed by atoms with Crippen molar-refractivity contribution in [3.8, 4) is 0 Å². The van der Waals surface area contributed by atoms with E-state index in [1.165, 1.54) is 4.90 Å². The van der Waals surface area contributed by atoms with Gasteiger partial charge in [0.1, 0.15) is 4.90 Å². The van der Waals surface area contributed by atoms with Gasteiger partial charge in [0.25, 0.3) is 0 Å². The van der Waals surface area contributed by atoms with Crippen LogP contribution in [0.2, 0.25) is 5.28 Å². The molecule has 1 N–H and O–H groups in total. The second-order valence-electron chi connectivity index (χ2n) is 4.33. The summed E-state index contributed by atoms with van der Waals surface area (Å²) in [6, 6.07) is 0. The van der Waals surface area contributed by atoms with Crippen molar-refractivity contribution >= 4 is 33.2 Å². The van der Waals surface area contributed by atoms with E-state index in [0.717, 1.165) is 0 Å². The van der Waals surface area contributed by atoms with E-state index in [1.54, 1.807) is 14.1 Å². The molecule has 1 aliphatic rings. The summed E-state index contributed by atoms with van der Waals surface area (Å²) >= 11 is 5.75. The van der Waals surface area contributed by atoms with Gasteiger partial charge < -0.3 is 10.2 Å². The van der Waals surface area contributed by atoms with E-state index < -0.39 is 9.84 Å². The highest BCUT2D eigenvalue weighted by molar-refractivity contribution is 7.91. The average molecular weight is 305 g/mol. The molecule has 0 spiro atoms. The second-order valence-corrected chi connectivity index (χ2v) is 6.71. The Hall–Kier alpha value is -1.41. The van der Waals surface area contributed by atoms with Gasteiger partial charge in [-0.3, -0.25) is 4.79 Å². The summed E-state index contributed by atoms with van der Waals surface area (Å²) in [5, 5.41) is 2.68. The number of likely N-dealkylation sites (N-methyl/N-ethyl adjacent to an activating group) is 1. The molecule has 1 aliphatic heterocycles. The van der Waals surface area contributed by atoms with E-state index in [-0.39, 0.29) is 34.2 Å². The largest absolute Gasteiger partial charge is 0.360 e. The van der Waals surface area contributed by atoms with Crippen LogP contribution in [0, 0.1) is 0 Å². The maximum atomic E-state index is 11.9. The minimum Gasteiger partial charge on any atom is -0.360 e. The topological polar surface area (TPSA) is 92.3 Å². The van der Waals surface area contributed by atoms with Gasteiger partial charge in [-0.1, -0.05) is 0 Å². The minimum absolute atomic E-state index is 0.00629. The average Bonchev–Trinajstić information content (AvgIpc) is 2.61. The number of hydrogen-bond donors (Lipinski definition) is 1. The number of aryl methyl sites for hydroxylation is 1. The lowest BCUT2D eigenvalue weighted by Gasteiger charge is -2.13. The van der Waals surface area contributed by atoms with Crippen LogP contribution in [-0.2, 0) is 21.1 Å². The fourth-order valence-electron chi connectivity index (χ4n) is 1.73. The molecule has 0 aliphatic carbocycles. The Kier molecular flexibility index (Phi) is 3.64. The number of fused-ring (bicyclic) bond motifs is 1. The number of carbonyl (C=O) groups is 1. The summed E-state index contributed by atoms with van der Waals surface area (Å²) in [6.45, 7) is -0.0533. The number of aromatic nitrogens is 2. The summed E-state index contributed by atoms with van der Waals surface area (Å²) in [4.78, 5) is 20.7.